The van der Waals surface area contributed by atoms with Crippen LogP contribution in [0.25, 0.3) is 11.1 Å². The molecule has 0 aliphatic heterocycles. The number of benzene rings is 2. The highest BCUT2D eigenvalue weighted by Gasteiger charge is 2.18. The van der Waals surface area contributed by atoms with E-state index in [1.165, 1.54) is 5.48 Å². The summed E-state index contributed by atoms with van der Waals surface area (Å²) >= 11 is 0. The predicted octanol–water partition coefficient (Wildman–Crippen LogP) is 2.63. The number of carbonyl (C=O) groups excluding carboxylic acids is 2. The Hall–Kier alpha value is -2.51. The predicted molar refractivity (Wildman–Crippen MR) is 98.6 cm³/mol. The molecule has 26 heavy (non-hydrogen) atoms. The van der Waals surface area contributed by atoms with Crippen molar-refractivity contribution in [2.75, 3.05) is 11.5 Å². The Morgan fingerprint density at radius 2 is 1.50 bits per heavy atom. The highest BCUT2D eigenvalue weighted by atomic mass is 32.2. The third-order valence-electron chi connectivity index (χ3n) is 3.90. The van der Waals surface area contributed by atoms with Gasteiger partial charge >= 0.3 is 0 Å². The van der Waals surface area contributed by atoms with E-state index in [1.807, 2.05) is 30.3 Å². The van der Waals surface area contributed by atoms with Crippen LogP contribution in [0.5, 0.6) is 0 Å². The molecular weight excluding hydrogens is 354 g/mol. The first-order chi connectivity index (χ1) is 12.4. The van der Waals surface area contributed by atoms with Gasteiger partial charge in [-0.1, -0.05) is 54.6 Å². The minimum Gasteiger partial charge on any atom is -0.293 e. The van der Waals surface area contributed by atoms with Gasteiger partial charge in [0.25, 0.3) is 0 Å². The van der Waals surface area contributed by atoms with Gasteiger partial charge in [-0.2, -0.15) is 0 Å². The summed E-state index contributed by atoms with van der Waals surface area (Å²) in [6, 6.07) is 16.5. The fraction of sp³-hybridized carbons (Fsp3) is 0.263. The van der Waals surface area contributed by atoms with Gasteiger partial charge in [-0.3, -0.25) is 14.8 Å². The van der Waals surface area contributed by atoms with E-state index in [-0.39, 0.29) is 18.6 Å². The monoisotopic (exact) mass is 375 g/mol. The smallest absolute Gasteiger partial charge is 0.243 e. The molecule has 2 aromatic rings. The van der Waals surface area contributed by atoms with Crippen LogP contribution in [0.4, 0.5) is 0 Å². The summed E-state index contributed by atoms with van der Waals surface area (Å²) in [6.45, 7) is 0. The number of sulfone groups is 1. The lowest BCUT2D eigenvalue weighted by Crippen LogP contribution is -2.20. The molecule has 0 unspecified atom stereocenters. The number of Topliss-reactive ketones (excluding diaryl/α,β-unsaturated/α-hetero) is 1. The molecule has 0 aliphatic rings. The molecule has 2 N–H and O–H groups in total. The molecule has 1 amide bonds. The lowest BCUT2D eigenvalue weighted by Gasteiger charge is -2.06. The van der Waals surface area contributed by atoms with E-state index in [4.69, 9.17) is 5.21 Å². The second-order valence-electron chi connectivity index (χ2n) is 5.95. The first kappa shape index (κ1) is 19.8. The van der Waals surface area contributed by atoms with Gasteiger partial charge < -0.3 is 0 Å². The van der Waals surface area contributed by atoms with Crippen LogP contribution < -0.4 is 5.48 Å². The molecule has 0 saturated carbocycles. The van der Waals surface area contributed by atoms with Gasteiger partial charge in [0.2, 0.25) is 5.91 Å². The third-order valence-corrected chi connectivity index (χ3v) is 5.51. The highest BCUT2D eigenvalue weighted by molar-refractivity contribution is 7.92. The van der Waals surface area contributed by atoms with Crippen molar-refractivity contribution in [2.24, 2.45) is 0 Å². The number of hydrogen-bond acceptors (Lipinski definition) is 5. The first-order valence-electron chi connectivity index (χ1n) is 8.23. The van der Waals surface area contributed by atoms with Crippen LogP contribution in [0.1, 0.15) is 29.6 Å². The summed E-state index contributed by atoms with van der Waals surface area (Å²) in [5.41, 5.74) is 3.82. The molecule has 0 aromatic heterocycles. The maximum Gasteiger partial charge on any atom is 0.243 e. The van der Waals surface area contributed by atoms with Crippen LogP contribution in [0, 0.1) is 0 Å². The largest absolute Gasteiger partial charge is 0.293 e. The van der Waals surface area contributed by atoms with Gasteiger partial charge in [-0.05, 0) is 24.0 Å². The molecule has 0 radical (unpaired) electrons. The number of carbonyl (C=O) groups is 2. The molecule has 0 atom stereocenters. The number of amides is 1. The molecule has 0 bridgehead atoms. The Bertz CT molecular complexity index is 845. The Kier molecular flexibility index (Phi) is 7.06. The van der Waals surface area contributed by atoms with E-state index in [2.05, 4.69) is 0 Å². The highest BCUT2D eigenvalue weighted by Crippen LogP contribution is 2.19. The van der Waals surface area contributed by atoms with Gasteiger partial charge in [-0.15, -0.1) is 0 Å². The van der Waals surface area contributed by atoms with Crippen LogP contribution in [-0.2, 0) is 14.6 Å². The molecule has 138 valence electrons. The van der Waals surface area contributed by atoms with Crippen molar-refractivity contribution in [2.45, 2.75) is 19.3 Å². The van der Waals surface area contributed by atoms with E-state index in [1.54, 1.807) is 24.3 Å². The van der Waals surface area contributed by atoms with Crippen LogP contribution in [-0.4, -0.2) is 36.8 Å². The molecule has 0 heterocycles. The lowest BCUT2D eigenvalue weighted by atomic mass is 10.0. The van der Waals surface area contributed by atoms with Crippen molar-refractivity contribution in [3.63, 3.8) is 0 Å². The van der Waals surface area contributed by atoms with E-state index >= 15 is 0 Å². The maximum atomic E-state index is 12.2. The summed E-state index contributed by atoms with van der Waals surface area (Å²) in [5, 5.41) is 8.37. The molecule has 6 nitrogen and oxygen atoms in total. The fourth-order valence-corrected chi connectivity index (χ4v) is 3.85. The Balaban J connectivity index is 1.91. The van der Waals surface area contributed by atoms with Crippen LogP contribution in [0.3, 0.4) is 0 Å². The van der Waals surface area contributed by atoms with Gasteiger partial charge in [0.1, 0.15) is 5.75 Å². The van der Waals surface area contributed by atoms with Crippen molar-refractivity contribution < 1.29 is 23.2 Å². The van der Waals surface area contributed by atoms with Crippen LogP contribution in [0.2, 0.25) is 0 Å². The van der Waals surface area contributed by atoms with Crippen LogP contribution in [0.15, 0.2) is 54.6 Å². The van der Waals surface area contributed by atoms with Gasteiger partial charge in [-0.25, -0.2) is 13.9 Å². The summed E-state index contributed by atoms with van der Waals surface area (Å²) < 4.78 is 24.1. The Morgan fingerprint density at radius 3 is 2.12 bits per heavy atom. The molecule has 0 aliphatic carbocycles. The van der Waals surface area contributed by atoms with Crippen molar-refractivity contribution in [1.29, 1.82) is 0 Å². The summed E-state index contributed by atoms with van der Waals surface area (Å²) in [4.78, 5) is 23.1. The minimum atomic E-state index is -3.54. The first-order valence-corrected chi connectivity index (χ1v) is 10.1. The second kappa shape index (κ2) is 9.26. The summed E-state index contributed by atoms with van der Waals surface area (Å²) in [7, 11) is -3.54. The van der Waals surface area contributed by atoms with Crippen molar-refractivity contribution in [3.8, 4) is 11.1 Å². The average molecular weight is 375 g/mol. The molecule has 2 rings (SSSR count). The molecular formula is C19H21NO5S. The van der Waals surface area contributed by atoms with Crippen molar-refractivity contribution in [3.05, 3.63) is 60.2 Å². The lowest BCUT2D eigenvalue weighted by molar-refractivity contribution is -0.129. The normalized spacial score (nSPS) is 11.1. The topological polar surface area (TPSA) is 101 Å². The number of ketones is 1. The third kappa shape index (κ3) is 6.09. The number of unbranched alkanes of at least 4 members (excludes halogenated alkanes) is 1. The average Bonchev–Trinajstić information content (AvgIpc) is 2.65. The van der Waals surface area contributed by atoms with Gasteiger partial charge in [0.05, 0.1) is 5.75 Å². The molecule has 0 saturated heterocycles. The number of hydroxylamine groups is 1. The number of rotatable bonds is 9. The van der Waals surface area contributed by atoms with E-state index in [9.17, 15) is 18.0 Å². The Morgan fingerprint density at radius 1 is 0.885 bits per heavy atom. The van der Waals surface area contributed by atoms with Crippen molar-refractivity contribution >= 4 is 21.5 Å². The standard InChI is InChI=1S/C19H21NO5S/c21-18(14-26(24,25)13-5-4-8-19(22)20-23)17-11-9-16(10-12-17)15-6-2-1-3-7-15/h1-3,6-7,9-12,23H,4-5,8,13-14H2,(H,20,22). The second-order valence-corrected chi connectivity index (χ2v) is 8.13. The zero-order chi connectivity index (χ0) is 19.0. The van der Waals surface area contributed by atoms with E-state index in [0.717, 1.165) is 11.1 Å². The van der Waals surface area contributed by atoms with Gasteiger partial charge in [0.15, 0.2) is 15.6 Å². The van der Waals surface area contributed by atoms with E-state index < -0.39 is 27.3 Å². The minimum absolute atomic E-state index is 0.0426. The quantitative estimate of drug-likeness (QED) is 0.304. The number of hydrogen-bond donors (Lipinski definition) is 2. The molecule has 2 aromatic carbocycles. The van der Waals surface area contributed by atoms with Crippen molar-refractivity contribution in [1.82, 2.24) is 5.48 Å². The Labute approximate surface area is 152 Å². The van der Waals surface area contributed by atoms with Gasteiger partial charge in [0, 0.05) is 12.0 Å². The summed E-state index contributed by atoms with van der Waals surface area (Å²) in [5.74, 6) is -1.72. The van der Waals surface area contributed by atoms with E-state index in [0.29, 0.717) is 12.0 Å². The molecule has 0 spiro atoms. The SMILES string of the molecule is O=C(CCCCS(=O)(=O)CC(=O)c1ccc(-c2ccccc2)cc1)NO. The fourth-order valence-electron chi connectivity index (χ4n) is 2.50. The zero-order valence-corrected chi connectivity index (χ0v) is 15.0. The zero-order valence-electron chi connectivity index (χ0n) is 14.2. The molecule has 0 fully saturated rings. The summed E-state index contributed by atoms with van der Waals surface area (Å²) in [6.07, 6.45) is 0.627. The van der Waals surface area contributed by atoms with Crippen LogP contribution >= 0.6 is 0 Å². The maximum absolute atomic E-state index is 12.2. The number of nitrogens with one attached hydrogen (secondary N) is 1. The molecule has 7 heteroatoms.